The molecule has 0 aliphatic carbocycles. The van der Waals surface area contributed by atoms with E-state index in [4.69, 9.17) is 0 Å². The van der Waals surface area contributed by atoms with Crippen molar-refractivity contribution in [1.29, 1.82) is 0 Å². The number of likely N-dealkylation sites (N-methyl/N-ethyl adjacent to an activating group) is 1. The summed E-state index contributed by atoms with van der Waals surface area (Å²) in [5.74, 6) is 0.754. The topological polar surface area (TPSA) is 49.4 Å². The minimum absolute atomic E-state index is 0.0881. The number of sulfone groups is 1. The Morgan fingerprint density at radius 2 is 1.95 bits per heavy atom. The molecule has 0 spiro atoms. The Balaban J connectivity index is 2.18. The van der Waals surface area contributed by atoms with E-state index < -0.39 is 9.84 Å². The van der Waals surface area contributed by atoms with Gasteiger partial charge in [-0.05, 0) is 38.1 Å². The highest BCUT2D eigenvalue weighted by atomic mass is 32.2. The largest absolute Gasteiger partial charge is 0.308 e. The second kappa shape index (κ2) is 6.46. The molecule has 0 radical (unpaired) electrons. The van der Waals surface area contributed by atoms with Crippen molar-refractivity contribution >= 4 is 9.84 Å². The summed E-state index contributed by atoms with van der Waals surface area (Å²) in [6.45, 7) is 5.31. The second-order valence-electron chi connectivity index (χ2n) is 6.63. The van der Waals surface area contributed by atoms with E-state index in [9.17, 15) is 8.42 Å². The van der Waals surface area contributed by atoms with Gasteiger partial charge >= 0.3 is 0 Å². The molecule has 0 saturated heterocycles. The number of nitrogens with zero attached hydrogens (tertiary/aromatic N) is 1. The van der Waals surface area contributed by atoms with Crippen LogP contribution in [0.25, 0.3) is 0 Å². The van der Waals surface area contributed by atoms with Crippen LogP contribution in [0.15, 0.2) is 29.2 Å². The maximum atomic E-state index is 12.2. The van der Waals surface area contributed by atoms with Gasteiger partial charge in [0.1, 0.15) is 0 Å². The van der Waals surface area contributed by atoms with Crippen LogP contribution in [0, 0.1) is 5.92 Å². The van der Waals surface area contributed by atoms with Crippen LogP contribution in [-0.2, 0) is 9.84 Å². The van der Waals surface area contributed by atoms with Crippen LogP contribution in [0.5, 0.6) is 0 Å². The molecule has 0 amide bonds. The molecule has 1 heterocycles. The highest BCUT2D eigenvalue weighted by Gasteiger charge is 2.35. The highest BCUT2D eigenvalue weighted by Crippen LogP contribution is 2.33. The van der Waals surface area contributed by atoms with Gasteiger partial charge in [-0.15, -0.1) is 0 Å². The van der Waals surface area contributed by atoms with Crippen LogP contribution in [0.2, 0.25) is 0 Å². The van der Waals surface area contributed by atoms with E-state index in [1.54, 1.807) is 12.1 Å². The average Bonchev–Trinajstić information content (AvgIpc) is 2.60. The van der Waals surface area contributed by atoms with Crippen molar-refractivity contribution in [3.63, 3.8) is 0 Å². The Morgan fingerprint density at radius 1 is 1.29 bits per heavy atom. The summed E-state index contributed by atoms with van der Waals surface area (Å²) < 4.78 is 24.5. The molecule has 0 aromatic heterocycles. The van der Waals surface area contributed by atoms with Crippen molar-refractivity contribution in [2.24, 2.45) is 5.92 Å². The van der Waals surface area contributed by atoms with E-state index in [0.29, 0.717) is 16.9 Å². The van der Waals surface area contributed by atoms with Gasteiger partial charge in [0.2, 0.25) is 0 Å². The minimum atomic E-state index is -3.13. The maximum Gasteiger partial charge on any atom is 0.180 e. The first-order valence-corrected chi connectivity index (χ1v) is 9.17. The first kappa shape index (κ1) is 16.5. The predicted octanol–water partition coefficient (Wildman–Crippen LogP) is 2.08. The van der Waals surface area contributed by atoms with Gasteiger partial charge in [0.05, 0.1) is 10.6 Å². The lowest BCUT2D eigenvalue weighted by Crippen LogP contribution is -2.41. The summed E-state index contributed by atoms with van der Waals surface area (Å²) in [6, 6.07) is 7.57. The van der Waals surface area contributed by atoms with E-state index in [1.807, 2.05) is 26.2 Å². The Labute approximate surface area is 128 Å². The van der Waals surface area contributed by atoms with Gasteiger partial charge in [0, 0.05) is 18.6 Å². The third-order valence-electron chi connectivity index (χ3n) is 3.79. The van der Waals surface area contributed by atoms with E-state index >= 15 is 0 Å². The van der Waals surface area contributed by atoms with E-state index in [2.05, 4.69) is 24.1 Å². The fourth-order valence-electron chi connectivity index (χ4n) is 3.08. The molecule has 0 saturated carbocycles. The van der Waals surface area contributed by atoms with Gasteiger partial charge < -0.3 is 10.2 Å². The minimum Gasteiger partial charge on any atom is -0.308 e. The molecule has 1 aliphatic heterocycles. The summed E-state index contributed by atoms with van der Waals surface area (Å²) in [5.41, 5.74) is 0.921. The van der Waals surface area contributed by atoms with Crippen molar-refractivity contribution in [1.82, 2.24) is 10.2 Å². The Morgan fingerprint density at radius 3 is 2.57 bits per heavy atom. The smallest absolute Gasteiger partial charge is 0.180 e. The molecular weight excluding hydrogens is 284 g/mol. The lowest BCUT2D eigenvalue weighted by atomic mass is 10.0. The van der Waals surface area contributed by atoms with Crippen LogP contribution in [0.4, 0.5) is 0 Å². The lowest BCUT2D eigenvalue weighted by molar-refractivity contribution is 0.292. The molecule has 0 fully saturated rings. The van der Waals surface area contributed by atoms with Crippen molar-refractivity contribution in [2.75, 3.05) is 26.4 Å². The first-order valence-electron chi connectivity index (χ1n) is 7.52. The molecule has 4 nitrogen and oxygen atoms in total. The van der Waals surface area contributed by atoms with Crippen LogP contribution in [0.1, 0.15) is 31.9 Å². The van der Waals surface area contributed by atoms with Crippen molar-refractivity contribution in [3.8, 4) is 0 Å². The van der Waals surface area contributed by atoms with Gasteiger partial charge in [-0.1, -0.05) is 32.0 Å². The summed E-state index contributed by atoms with van der Waals surface area (Å²) in [6.07, 6.45) is 1.04. The van der Waals surface area contributed by atoms with Crippen molar-refractivity contribution in [2.45, 2.75) is 37.2 Å². The molecule has 0 bridgehead atoms. The van der Waals surface area contributed by atoms with Gasteiger partial charge in [-0.25, -0.2) is 8.42 Å². The second-order valence-corrected chi connectivity index (χ2v) is 8.63. The van der Waals surface area contributed by atoms with Crippen molar-refractivity contribution in [3.05, 3.63) is 29.8 Å². The molecule has 1 N–H and O–H groups in total. The molecular formula is C16H26N2O2S. The number of rotatable bonds is 6. The fourth-order valence-corrected chi connectivity index (χ4v) is 4.83. The molecule has 21 heavy (non-hydrogen) atoms. The highest BCUT2D eigenvalue weighted by molar-refractivity contribution is 7.91. The zero-order chi connectivity index (χ0) is 15.6. The molecule has 1 aliphatic rings. The number of benzene rings is 1. The van der Waals surface area contributed by atoms with Gasteiger partial charge in [-0.3, -0.25) is 0 Å². The summed E-state index contributed by atoms with van der Waals surface area (Å²) in [4.78, 5) is 2.64. The van der Waals surface area contributed by atoms with Crippen molar-refractivity contribution < 1.29 is 8.42 Å². The van der Waals surface area contributed by atoms with E-state index in [-0.39, 0.29) is 11.8 Å². The summed E-state index contributed by atoms with van der Waals surface area (Å²) >= 11 is 0. The fraction of sp³-hybridized carbons (Fsp3) is 0.625. The molecule has 1 aromatic rings. The van der Waals surface area contributed by atoms with Crippen LogP contribution < -0.4 is 5.32 Å². The number of nitrogens with one attached hydrogen (secondary N) is 1. The first-order chi connectivity index (χ1) is 9.79. The Kier molecular flexibility index (Phi) is 5.07. The zero-order valence-corrected chi connectivity index (χ0v) is 14.2. The van der Waals surface area contributed by atoms with E-state index in [0.717, 1.165) is 18.5 Å². The van der Waals surface area contributed by atoms with Crippen LogP contribution in [-0.4, -0.2) is 45.8 Å². The molecule has 1 aromatic carbocycles. The van der Waals surface area contributed by atoms with Gasteiger partial charge in [-0.2, -0.15) is 0 Å². The number of hydrogen-bond donors (Lipinski definition) is 1. The Bertz CT molecular complexity index is 572. The average molecular weight is 310 g/mol. The van der Waals surface area contributed by atoms with Gasteiger partial charge in [0.15, 0.2) is 9.84 Å². The summed E-state index contributed by atoms with van der Waals surface area (Å²) in [5, 5.41) is 3.57. The van der Waals surface area contributed by atoms with Crippen LogP contribution >= 0.6 is 0 Å². The third-order valence-corrected chi connectivity index (χ3v) is 5.61. The normalized spacial score (nSPS) is 21.7. The monoisotopic (exact) mass is 310 g/mol. The predicted molar refractivity (Wildman–Crippen MR) is 86.2 cm³/mol. The molecule has 2 rings (SSSR count). The number of hydrogen-bond acceptors (Lipinski definition) is 4. The molecule has 2 atom stereocenters. The third kappa shape index (κ3) is 4.05. The zero-order valence-electron chi connectivity index (χ0n) is 13.3. The quantitative estimate of drug-likeness (QED) is 0.874. The van der Waals surface area contributed by atoms with E-state index in [1.165, 1.54) is 0 Å². The molecule has 2 unspecified atom stereocenters. The molecule has 5 heteroatoms. The SMILES string of the molecule is CC(C)CC(CN(C)C)NC1CS(=O)(=O)c2ccccc21. The lowest BCUT2D eigenvalue weighted by Gasteiger charge is -2.27. The van der Waals surface area contributed by atoms with Gasteiger partial charge in [0.25, 0.3) is 0 Å². The number of fused-ring (bicyclic) bond motifs is 1. The summed E-state index contributed by atoms with van der Waals surface area (Å²) in [7, 11) is 0.966. The standard InChI is InChI=1S/C16H26N2O2S/c1-12(2)9-13(10-18(3)4)17-15-11-21(19,20)16-8-6-5-7-14(15)16/h5-8,12-13,15,17H,9-11H2,1-4H3. The van der Waals surface area contributed by atoms with Crippen LogP contribution in [0.3, 0.4) is 0 Å². The molecule has 118 valence electrons. The Hall–Kier alpha value is -0.910. The maximum absolute atomic E-state index is 12.2.